The van der Waals surface area contributed by atoms with E-state index in [2.05, 4.69) is 18.8 Å². The van der Waals surface area contributed by atoms with Crippen LogP contribution in [0, 0.1) is 0 Å². The predicted molar refractivity (Wildman–Crippen MR) is 81.9 cm³/mol. The molecule has 2 N–H and O–H groups in total. The summed E-state index contributed by atoms with van der Waals surface area (Å²) in [6.07, 6.45) is 2.17. The van der Waals surface area contributed by atoms with E-state index in [0.29, 0.717) is 0 Å². The molecule has 0 radical (unpaired) electrons. The lowest BCUT2D eigenvalue weighted by molar-refractivity contribution is -0.154. The number of hydrogen-bond donors (Lipinski definition) is 2. The quantitative estimate of drug-likeness (QED) is 0.752. The number of rotatable bonds is 5. The summed E-state index contributed by atoms with van der Waals surface area (Å²) in [7, 11) is 1.98. The van der Waals surface area contributed by atoms with Gasteiger partial charge in [0.1, 0.15) is 23.7 Å². The first-order valence-electron chi connectivity index (χ1n) is 7.55. The van der Waals surface area contributed by atoms with Crippen molar-refractivity contribution in [1.29, 1.82) is 0 Å². The molecule has 0 aromatic rings. The Morgan fingerprint density at radius 1 is 1.25 bits per heavy atom. The van der Waals surface area contributed by atoms with Crippen molar-refractivity contribution in [2.24, 2.45) is 4.99 Å². The number of aliphatic hydroxyl groups excluding tert-OH is 2. The lowest BCUT2D eigenvalue weighted by atomic mass is 9.95. The molecule has 2 heterocycles. The Bertz CT molecular complexity index is 353. The minimum atomic E-state index is -0.830. The van der Waals surface area contributed by atoms with Gasteiger partial charge in [-0.05, 0) is 13.3 Å². The summed E-state index contributed by atoms with van der Waals surface area (Å²) in [5.74, 6) is 0. The summed E-state index contributed by atoms with van der Waals surface area (Å²) in [5.41, 5.74) is -0.163. The molecule has 2 aliphatic heterocycles. The van der Waals surface area contributed by atoms with Crippen molar-refractivity contribution in [2.45, 2.75) is 69.3 Å². The average molecular weight is 302 g/mol. The van der Waals surface area contributed by atoms with Gasteiger partial charge in [0.15, 0.2) is 5.17 Å². The minimum Gasteiger partial charge on any atom is -0.388 e. The molecule has 0 aromatic carbocycles. The topological polar surface area (TPSA) is 65.3 Å². The Morgan fingerprint density at radius 3 is 2.65 bits per heavy atom. The molecule has 5 nitrogen and oxygen atoms in total. The van der Waals surface area contributed by atoms with Gasteiger partial charge in [-0.1, -0.05) is 37.9 Å². The Kier molecular flexibility index (Phi) is 5.72. The summed E-state index contributed by atoms with van der Waals surface area (Å²) in [5, 5.41) is 21.4. The van der Waals surface area contributed by atoms with Crippen LogP contribution in [0.5, 0.6) is 0 Å². The molecule has 20 heavy (non-hydrogen) atoms. The largest absolute Gasteiger partial charge is 0.388 e. The summed E-state index contributed by atoms with van der Waals surface area (Å²) in [6, 6.07) is -0.346. The number of aliphatic imine (C=N–C) groups is 1. The molecule has 1 saturated heterocycles. The first-order valence-corrected chi connectivity index (χ1v) is 8.43. The van der Waals surface area contributed by atoms with Crippen LogP contribution in [0.2, 0.25) is 0 Å². The smallest absolute Gasteiger partial charge is 0.162 e. The number of fused-ring (bicyclic) bond motifs is 1. The zero-order valence-electron chi connectivity index (χ0n) is 12.5. The molecule has 0 bridgehead atoms. The van der Waals surface area contributed by atoms with Gasteiger partial charge in [-0.15, -0.1) is 0 Å². The van der Waals surface area contributed by atoms with Crippen molar-refractivity contribution < 1.29 is 14.9 Å². The Hall–Kier alpha value is -0.300. The highest BCUT2D eigenvalue weighted by Crippen LogP contribution is 2.38. The number of nitrogens with zero attached hydrogens (tertiary/aromatic N) is 2. The molecule has 2 rings (SSSR count). The second-order valence-corrected chi connectivity index (χ2v) is 6.62. The molecule has 0 aromatic heterocycles. The molecule has 116 valence electrons. The van der Waals surface area contributed by atoms with Gasteiger partial charge in [0.05, 0.1) is 6.10 Å². The second-order valence-electron chi connectivity index (χ2n) is 5.55. The minimum absolute atomic E-state index is 0.163. The maximum Gasteiger partial charge on any atom is 0.162 e. The van der Waals surface area contributed by atoms with Crippen LogP contribution in [0.4, 0.5) is 0 Å². The molecule has 0 aliphatic carbocycles. The average Bonchev–Trinajstić information content (AvgIpc) is 2.87. The summed E-state index contributed by atoms with van der Waals surface area (Å²) < 4.78 is 5.98. The van der Waals surface area contributed by atoms with Crippen LogP contribution in [-0.2, 0) is 4.74 Å². The van der Waals surface area contributed by atoms with Crippen molar-refractivity contribution in [2.75, 3.05) is 13.6 Å². The summed E-state index contributed by atoms with van der Waals surface area (Å²) >= 11 is 1.56. The van der Waals surface area contributed by atoms with Crippen molar-refractivity contribution in [3.63, 3.8) is 0 Å². The molecule has 1 fully saturated rings. The molecule has 6 heteroatoms. The van der Waals surface area contributed by atoms with Crippen molar-refractivity contribution in [3.8, 4) is 0 Å². The zero-order chi connectivity index (χ0) is 14.7. The molecule has 0 unspecified atom stereocenters. The second kappa shape index (κ2) is 7.11. The fourth-order valence-corrected chi connectivity index (χ4v) is 3.83. The molecule has 0 spiro atoms. The lowest BCUT2D eigenvalue weighted by Crippen LogP contribution is -2.54. The van der Waals surface area contributed by atoms with Crippen LogP contribution < -0.4 is 0 Å². The van der Waals surface area contributed by atoms with Gasteiger partial charge in [0, 0.05) is 13.6 Å². The molecule has 5 atom stereocenters. The maximum atomic E-state index is 10.3. The van der Waals surface area contributed by atoms with E-state index < -0.39 is 12.2 Å². The molecular weight excluding hydrogens is 276 g/mol. The van der Waals surface area contributed by atoms with Crippen LogP contribution in [0.15, 0.2) is 4.99 Å². The normalized spacial score (nSPS) is 36.6. The van der Waals surface area contributed by atoms with E-state index in [1.165, 1.54) is 0 Å². The highest BCUT2D eigenvalue weighted by atomic mass is 32.2. The van der Waals surface area contributed by atoms with Gasteiger partial charge in [-0.3, -0.25) is 4.99 Å². The van der Waals surface area contributed by atoms with E-state index in [9.17, 15) is 10.2 Å². The van der Waals surface area contributed by atoms with E-state index in [4.69, 9.17) is 4.74 Å². The van der Waals surface area contributed by atoms with E-state index in [1.54, 1.807) is 11.8 Å². The van der Waals surface area contributed by atoms with E-state index >= 15 is 0 Å². The van der Waals surface area contributed by atoms with Crippen LogP contribution in [0.1, 0.15) is 39.5 Å². The fraction of sp³-hybridized carbons (Fsp3) is 0.929. The van der Waals surface area contributed by atoms with Crippen LogP contribution >= 0.6 is 11.8 Å². The summed E-state index contributed by atoms with van der Waals surface area (Å²) in [4.78, 5) is 6.55. The van der Waals surface area contributed by atoms with Crippen molar-refractivity contribution in [3.05, 3.63) is 0 Å². The number of thioether (sulfide) groups is 1. The zero-order valence-corrected chi connectivity index (χ0v) is 13.3. The highest BCUT2D eigenvalue weighted by molar-refractivity contribution is 8.14. The molecule has 0 amide bonds. The maximum absolute atomic E-state index is 10.3. The van der Waals surface area contributed by atoms with Crippen LogP contribution in [0.25, 0.3) is 0 Å². The van der Waals surface area contributed by atoms with Crippen LogP contribution in [0.3, 0.4) is 0 Å². The Morgan fingerprint density at radius 2 is 2.00 bits per heavy atom. The number of amidine groups is 1. The van der Waals surface area contributed by atoms with E-state index in [0.717, 1.165) is 37.4 Å². The van der Waals surface area contributed by atoms with E-state index in [-0.39, 0.29) is 17.6 Å². The van der Waals surface area contributed by atoms with Crippen molar-refractivity contribution >= 4 is 16.9 Å². The summed E-state index contributed by atoms with van der Waals surface area (Å²) in [6.45, 7) is 5.07. The first-order chi connectivity index (χ1) is 9.58. The Balaban J connectivity index is 1.98. The standard InChI is InChI=1S/C14H26N2O3S/c1-4-6-7-8-9-11(17)12(18)10-13(19-9)20-14(15-10)16(3)5-2/h9-13,17-18H,4-8H2,1-3H3/t9-,10-,11-,12-,13-/m1/s1. The lowest BCUT2D eigenvalue weighted by Gasteiger charge is -2.38. The Labute approximate surface area is 125 Å². The fourth-order valence-electron chi connectivity index (χ4n) is 2.57. The number of ether oxygens (including phenoxy) is 1. The monoisotopic (exact) mass is 302 g/mol. The number of aliphatic hydroxyl groups is 2. The van der Waals surface area contributed by atoms with Crippen molar-refractivity contribution in [1.82, 2.24) is 4.90 Å². The molecular formula is C14H26N2O3S. The van der Waals surface area contributed by atoms with Gasteiger partial charge >= 0.3 is 0 Å². The van der Waals surface area contributed by atoms with Gasteiger partial charge in [-0.2, -0.15) is 0 Å². The third-order valence-corrected chi connectivity index (χ3v) is 5.29. The van der Waals surface area contributed by atoms with Crippen LogP contribution in [-0.4, -0.2) is 63.7 Å². The van der Waals surface area contributed by atoms with E-state index in [1.807, 2.05) is 11.9 Å². The molecule has 2 aliphatic rings. The van der Waals surface area contributed by atoms with Gasteiger partial charge in [0.25, 0.3) is 0 Å². The third kappa shape index (κ3) is 3.30. The van der Waals surface area contributed by atoms with Gasteiger partial charge in [-0.25, -0.2) is 0 Å². The van der Waals surface area contributed by atoms with Gasteiger partial charge < -0.3 is 19.8 Å². The van der Waals surface area contributed by atoms with Gasteiger partial charge in [0.2, 0.25) is 0 Å². The first kappa shape index (κ1) is 16.1. The predicted octanol–water partition coefficient (Wildman–Crippen LogP) is 1.44. The third-order valence-electron chi connectivity index (χ3n) is 4.04. The SMILES string of the molecule is CCCCC[C@H]1O[C@@H]2SC(N(C)CC)=N[C@@H]2[C@@H](O)[C@@H]1O. The number of unbranched alkanes of at least 4 members (excludes halogenated alkanes) is 2. The molecule has 0 saturated carbocycles. The highest BCUT2D eigenvalue weighted by Gasteiger charge is 2.48. The number of hydrogen-bond acceptors (Lipinski definition) is 6.